The number of para-hydroxylation sites is 1. The highest BCUT2D eigenvalue weighted by atomic mass is 16.5. The maximum absolute atomic E-state index is 11.5. The molecule has 98 valence electrons. The summed E-state index contributed by atoms with van der Waals surface area (Å²) < 4.78 is 12.0. The van der Waals surface area contributed by atoms with Gasteiger partial charge in [0.1, 0.15) is 18.2 Å². The molecule has 2 N–H and O–H groups in total. The Morgan fingerprint density at radius 2 is 2.32 bits per heavy atom. The molecule has 1 atom stereocenters. The molecule has 0 saturated heterocycles. The van der Waals surface area contributed by atoms with E-state index < -0.39 is 5.97 Å². The van der Waals surface area contributed by atoms with Crippen molar-refractivity contribution in [1.82, 2.24) is 9.55 Å². The summed E-state index contributed by atoms with van der Waals surface area (Å²) in [6, 6.07) is 7.67. The second-order valence-corrected chi connectivity index (χ2v) is 4.24. The van der Waals surface area contributed by atoms with E-state index in [2.05, 4.69) is 9.72 Å². The van der Waals surface area contributed by atoms with E-state index in [1.807, 2.05) is 24.3 Å². The monoisotopic (exact) mass is 259 g/mol. The summed E-state index contributed by atoms with van der Waals surface area (Å²) in [5.41, 5.74) is 7.12. The van der Waals surface area contributed by atoms with E-state index in [-0.39, 0.29) is 17.6 Å². The van der Waals surface area contributed by atoms with E-state index in [0.29, 0.717) is 6.61 Å². The van der Waals surface area contributed by atoms with Crippen LogP contribution in [0.15, 0.2) is 30.6 Å². The van der Waals surface area contributed by atoms with Crippen LogP contribution >= 0.6 is 0 Å². The number of nitrogens with two attached hydrogens (primary N) is 1. The van der Waals surface area contributed by atoms with Crippen LogP contribution in [0.5, 0.6) is 5.75 Å². The number of ether oxygens (including phenoxy) is 2. The Morgan fingerprint density at radius 1 is 1.53 bits per heavy atom. The number of methoxy groups -OCH3 is 1. The van der Waals surface area contributed by atoms with Crippen LogP contribution in [0, 0.1) is 0 Å². The van der Waals surface area contributed by atoms with Gasteiger partial charge in [0.15, 0.2) is 5.69 Å². The molecular weight excluding hydrogens is 246 g/mol. The Balaban J connectivity index is 2.01. The van der Waals surface area contributed by atoms with Gasteiger partial charge in [-0.1, -0.05) is 18.2 Å². The largest absolute Gasteiger partial charge is 0.491 e. The van der Waals surface area contributed by atoms with Gasteiger partial charge in [-0.15, -0.1) is 0 Å². The molecule has 0 fully saturated rings. The minimum Gasteiger partial charge on any atom is -0.491 e. The lowest BCUT2D eigenvalue weighted by Crippen LogP contribution is -2.15. The third-order valence-corrected chi connectivity index (χ3v) is 3.22. The van der Waals surface area contributed by atoms with Gasteiger partial charge < -0.3 is 19.8 Å². The SMILES string of the molecule is COC(=O)c1ncn(C2COc3ccccc32)c1N. The van der Waals surface area contributed by atoms with Crippen LogP contribution in [0.4, 0.5) is 5.82 Å². The third kappa shape index (κ3) is 1.72. The van der Waals surface area contributed by atoms with Crippen molar-refractivity contribution in [3.63, 3.8) is 0 Å². The van der Waals surface area contributed by atoms with E-state index >= 15 is 0 Å². The predicted molar refractivity (Wildman–Crippen MR) is 68.1 cm³/mol. The van der Waals surface area contributed by atoms with Crippen molar-refractivity contribution in [2.75, 3.05) is 19.5 Å². The van der Waals surface area contributed by atoms with E-state index in [9.17, 15) is 4.79 Å². The Kier molecular flexibility index (Phi) is 2.63. The van der Waals surface area contributed by atoms with Crippen LogP contribution in [-0.2, 0) is 4.74 Å². The summed E-state index contributed by atoms with van der Waals surface area (Å²) in [6.07, 6.45) is 1.54. The lowest BCUT2D eigenvalue weighted by Gasteiger charge is -2.12. The number of carbonyl (C=O) groups excluding carboxylic acids is 1. The molecule has 1 unspecified atom stereocenters. The van der Waals surface area contributed by atoms with E-state index in [4.69, 9.17) is 10.5 Å². The second-order valence-electron chi connectivity index (χ2n) is 4.24. The number of nitrogen functional groups attached to an aromatic ring is 1. The summed E-state index contributed by atoms with van der Waals surface area (Å²) in [5, 5.41) is 0. The predicted octanol–water partition coefficient (Wildman–Crippen LogP) is 1.23. The summed E-state index contributed by atoms with van der Waals surface area (Å²) in [4.78, 5) is 15.5. The molecule has 1 aliphatic heterocycles. The first-order chi connectivity index (χ1) is 9.22. The van der Waals surface area contributed by atoms with Crippen LogP contribution in [0.3, 0.4) is 0 Å². The number of esters is 1. The molecule has 6 heteroatoms. The molecule has 0 bridgehead atoms. The number of fused-ring (bicyclic) bond motifs is 1. The Labute approximate surface area is 109 Å². The van der Waals surface area contributed by atoms with Crippen LogP contribution in [0.25, 0.3) is 0 Å². The number of hydrogen-bond donors (Lipinski definition) is 1. The van der Waals surface area contributed by atoms with Gasteiger partial charge in [-0.05, 0) is 6.07 Å². The Morgan fingerprint density at radius 3 is 3.11 bits per heavy atom. The van der Waals surface area contributed by atoms with Crippen molar-refractivity contribution in [3.05, 3.63) is 41.9 Å². The fourth-order valence-corrected chi connectivity index (χ4v) is 2.25. The number of imidazole rings is 1. The van der Waals surface area contributed by atoms with Crippen molar-refractivity contribution in [1.29, 1.82) is 0 Å². The maximum atomic E-state index is 11.5. The number of hydrogen-bond acceptors (Lipinski definition) is 5. The van der Waals surface area contributed by atoms with E-state index in [1.165, 1.54) is 13.4 Å². The van der Waals surface area contributed by atoms with Gasteiger partial charge >= 0.3 is 5.97 Å². The standard InChI is InChI=1S/C13H13N3O3/c1-18-13(17)11-12(14)16(7-15-11)9-6-19-10-5-3-2-4-8(9)10/h2-5,7,9H,6,14H2,1H3. The molecule has 0 spiro atoms. The number of aromatic nitrogens is 2. The fraction of sp³-hybridized carbons (Fsp3) is 0.231. The van der Waals surface area contributed by atoms with Crippen LogP contribution in [0.2, 0.25) is 0 Å². The minimum absolute atomic E-state index is 0.0675. The minimum atomic E-state index is -0.538. The topological polar surface area (TPSA) is 79.4 Å². The van der Waals surface area contributed by atoms with Crippen LogP contribution in [-0.4, -0.2) is 29.2 Å². The molecule has 0 radical (unpaired) electrons. The normalized spacial score (nSPS) is 16.8. The van der Waals surface area contributed by atoms with Gasteiger partial charge in [0.25, 0.3) is 0 Å². The van der Waals surface area contributed by atoms with Gasteiger partial charge in [0, 0.05) is 5.56 Å². The zero-order valence-electron chi connectivity index (χ0n) is 10.4. The van der Waals surface area contributed by atoms with E-state index in [1.54, 1.807) is 4.57 Å². The molecular formula is C13H13N3O3. The van der Waals surface area contributed by atoms with Crippen molar-refractivity contribution in [2.24, 2.45) is 0 Å². The van der Waals surface area contributed by atoms with Gasteiger partial charge in [-0.3, -0.25) is 0 Å². The molecule has 1 aromatic heterocycles. The molecule has 6 nitrogen and oxygen atoms in total. The first-order valence-corrected chi connectivity index (χ1v) is 5.84. The van der Waals surface area contributed by atoms with Crippen molar-refractivity contribution in [3.8, 4) is 5.75 Å². The third-order valence-electron chi connectivity index (χ3n) is 3.22. The molecule has 3 rings (SSSR count). The van der Waals surface area contributed by atoms with Gasteiger partial charge in [0.05, 0.1) is 19.5 Å². The fourth-order valence-electron chi connectivity index (χ4n) is 2.25. The quantitative estimate of drug-likeness (QED) is 0.821. The van der Waals surface area contributed by atoms with Gasteiger partial charge in [-0.25, -0.2) is 9.78 Å². The van der Waals surface area contributed by atoms with Crippen LogP contribution < -0.4 is 10.5 Å². The highest BCUT2D eigenvalue weighted by molar-refractivity contribution is 5.92. The lowest BCUT2D eigenvalue weighted by atomic mass is 10.1. The Hall–Kier alpha value is -2.50. The number of rotatable bonds is 2. The first-order valence-electron chi connectivity index (χ1n) is 5.84. The summed E-state index contributed by atoms with van der Waals surface area (Å²) in [6.45, 7) is 0.473. The highest BCUT2D eigenvalue weighted by Gasteiger charge is 2.28. The molecule has 1 aliphatic rings. The smallest absolute Gasteiger partial charge is 0.360 e. The van der Waals surface area contributed by atoms with Crippen molar-refractivity contribution in [2.45, 2.75) is 6.04 Å². The van der Waals surface area contributed by atoms with Gasteiger partial charge in [-0.2, -0.15) is 0 Å². The summed E-state index contributed by atoms with van der Waals surface area (Å²) >= 11 is 0. The second kappa shape index (κ2) is 4.31. The highest BCUT2D eigenvalue weighted by Crippen LogP contribution is 2.36. The zero-order chi connectivity index (χ0) is 13.4. The average Bonchev–Trinajstić information content (AvgIpc) is 3.01. The zero-order valence-corrected chi connectivity index (χ0v) is 10.4. The van der Waals surface area contributed by atoms with Crippen molar-refractivity contribution >= 4 is 11.8 Å². The molecule has 2 aromatic rings. The van der Waals surface area contributed by atoms with Crippen molar-refractivity contribution < 1.29 is 14.3 Å². The first kappa shape index (κ1) is 11.6. The molecule has 0 aliphatic carbocycles. The summed E-state index contributed by atoms with van der Waals surface area (Å²) in [5.74, 6) is 0.584. The number of benzene rings is 1. The summed E-state index contributed by atoms with van der Waals surface area (Å²) in [7, 11) is 1.30. The Bertz CT molecular complexity index is 636. The van der Waals surface area contributed by atoms with E-state index in [0.717, 1.165) is 11.3 Å². The molecule has 19 heavy (non-hydrogen) atoms. The molecule has 2 heterocycles. The molecule has 0 saturated carbocycles. The number of anilines is 1. The molecule has 1 aromatic carbocycles. The lowest BCUT2D eigenvalue weighted by molar-refractivity contribution is 0.0596. The maximum Gasteiger partial charge on any atom is 0.360 e. The molecule has 0 amide bonds. The average molecular weight is 259 g/mol. The number of carbonyl (C=O) groups is 1. The number of nitrogens with zero attached hydrogens (tertiary/aromatic N) is 2. The van der Waals surface area contributed by atoms with Gasteiger partial charge in [0.2, 0.25) is 0 Å². The van der Waals surface area contributed by atoms with Crippen LogP contribution in [0.1, 0.15) is 22.1 Å².